The summed E-state index contributed by atoms with van der Waals surface area (Å²) in [5.74, 6) is -0.198. The number of aromatic nitrogens is 1. The van der Waals surface area contributed by atoms with Gasteiger partial charge in [-0.2, -0.15) is 0 Å². The minimum atomic E-state index is -3.84. The van der Waals surface area contributed by atoms with Crippen molar-refractivity contribution in [3.05, 3.63) is 119 Å². The second-order valence-corrected chi connectivity index (χ2v) is 14.0. The van der Waals surface area contributed by atoms with E-state index in [0.717, 1.165) is 11.3 Å². The minimum absolute atomic E-state index is 0.0166. The summed E-state index contributed by atoms with van der Waals surface area (Å²) < 4.78 is 37.5. The lowest BCUT2D eigenvalue weighted by atomic mass is 10.1. The van der Waals surface area contributed by atoms with Gasteiger partial charge in [-0.25, -0.2) is 13.2 Å². The number of halogens is 1. The van der Waals surface area contributed by atoms with Gasteiger partial charge in [0.2, 0.25) is 9.84 Å². The van der Waals surface area contributed by atoms with Crippen molar-refractivity contribution in [2.75, 3.05) is 13.1 Å². The molecule has 1 heterocycles. The lowest BCUT2D eigenvalue weighted by molar-refractivity contribution is -0.134. The number of ether oxygens (including phenoxy) is 2. The number of hydrogen-bond donors (Lipinski definition) is 1. The average molecular weight is 665 g/mol. The van der Waals surface area contributed by atoms with Crippen molar-refractivity contribution in [1.82, 2.24) is 9.88 Å². The zero-order chi connectivity index (χ0) is 33.3. The molecule has 0 saturated carbocycles. The van der Waals surface area contributed by atoms with Crippen LogP contribution in [0.5, 0.6) is 5.75 Å². The molecule has 46 heavy (non-hydrogen) atoms. The Morgan fingerprint density at radius 2 is 1.59 bits per heavy atom. The standard InChI is InChI=1S/C35H37ClN2O7S/c1-35(2,3)45-34(41)38(24-32(39)26-7-6-8-27(36)23-26)22-20-25-10-15-30(16-11-25)46(42,43)31-17-13-29(14-18-31)44-33(40)19-12-28-9-4-5-21-37-28/h4-11,13-18,21,23,32,39H,12,19-20,22,24H2,1-3H3. The summed E-state index contributed by atoms with van der Waals surface area (Å²) in [7, 11) is -3.84. The van der Waals surface area contributed by atoms with E-state index in [0.29, 0.717) is 23.4 Å². The first-order valence-corrected chi connectivity index (χ1v) is 16.6. The Labute approximate surface area is 274 Å². The molecule has 242 valence electrons. The molecule has 1 unspecified atom stereocenters. The smallest absolute Gasteiger partial charge is 0.410 e. The third-order valence-electron chi connectivity index (χ3n) is 6.86. The number of benzene rings is 3. The molecule has 3 aromatic carbocycles. The first-order chi connectivity index (χ1) is 21.8. The van der Waals surface area contributed by atoms with Gasteiger partial charge in [-0.1, -0.05) is 41.9 Å². The van der Waals surface area contributed by atoms with E-state index in [2.05, 4.69) is 4.98 Å². The Hall–Kier alpha value is -4.25. The second kappa shape index (κ2) is 15.4. The van der Waals surface area contributed by atoms with Crippen LogP contribution in [0.3, 0.4) is 0 Å². The molecular weight excluding hydrogens is 628 g/mol. The quantitative estimate of drug-likeness (QED) is 0.132. The molecule has 0 radical (unpaired) electrons. The molecule has 1 amide bonds. The van der Waals surface area contributed by atoms with Gasteiger partial charge in [0.05, 0.1) is 28.9 Å². The second-order valence-electron chi connectivity index (χ2n) is 11.7. The molecule has 1 aromatic heterocycles. The first kappa shape index (κ1) is 34.6. The summed E-state index contributed by atoms with van der Waals surface area (Å²) in [6.07, 6.45) is 1.07. The highest BCUT2D eigenvalue weighted by Gasteiger charge is 2.25. The molecule has 4 aromatic rings. The monoisotopic (exact) mass is 664 g/mol. The summed E-state index contributed by atoms with van der Waals surface area (Å²) >= 11 is 6.07. The van der Waals surface area contributed by atoms with Gasteiger partial charge in [-0.3, -0.25) is 9.78 Å². The molecular formula is C35H37ClN2O7S. The predicted octanol–water partition coefficient (Wildman–Crippen LogP) is 6.62. The van der Waals surface area contributed by atoms with Gasteiger partial charge in [0.15, 0.2) is 0 Å². The van der Waals surface area contributed by atoms with E-state index in [9.17, 15) is 23.1 Å². The van der Waals surface area contributed by atoms with Crippen molar-refractivity contribution in [3.8, 4) is 5.75 Å². The molecule has 4 rings (SSSR count). The summed E-state index contributed by atoms with van der Waals surface area (Å²) in [6, 6.07) is 24.3. The number of rotatable bonds is 12. The summed E-state index contributed by atoms with van der Waals surface area (Å²) in [5.41, 5.74) is 1.41. The molecule has 0 fully saturated rings. The Bertz CT molecular complexity index is 1720. The van der Waals surface area contributed by atoms with E-state index in [1.807, 2.05) is 12.1 Å². The average Bonchev–Trinajstić information content (AvgIpc) is 3.02. The number of carbonyl (C=O) groups excluding carboxylic acids is 2. The van der Waals surface area contributed by atoms with Crippen LogP contribution < -0.4 is 4.74 Å². The number of carbonyl (C=O) groups is 2. The number of nitrogens with zero attached hydrogens (tertiary/aromatic N) is 2. The molecule has 0 spiro atoms. The number of aliphatic hydroxyl groups excluding tert-OH is 1. The van der Waals surface area contributed by atoms with E-state index in [4.69, 9.17) is 21.1 Å². The van der Waals surface area contributed by atoms with Crippen molar-refractivity contribution in [2.24, 2.45) is 0 Å². The lowest BCUT2D eigenvalue weighted by Gasteiger charge is -2.29. The van der Waals surface area contributed by atoms with Gasteiger partial charge >= 0.3 is 12.1 Å². The Morgan fingerprint density at radius 3 is 2.20 bits per heavy atom. The fourth-order valence-electron chi connectivity index (χ4n) is 4.49. The normalized spacial score (nSPS) is 12.3. The largest absolute Gasteiger partial charge is 0.444 e. The van der Waals surface area contributed by atoms with Crippen LogP contribution in [-0.4, -0.2) is 54.2 Å². The van der Waals surface area contributed by atoms with Crippen LogP contribution in [0.1, 0.15) is 50.1 Å². The number of sulfone groups is 1. The number of pyridine rings is 1. The number of esters is 1. The molecule has 1 N–H and O–H groups in total. The number of hydrogen-bond acceptors (Lipinski definition) is 8. The van der Waals surface area contributed by atoms with Crippen LogP contribution >= 0.6 is 11.6 Å². The van der Waals surface area contributed by atoms with Crippen LogP contribution in [0.4, 0.5) is 4.79 Å². The number of aliphatic hydroxyl groups is 1. The number of amides is 1. The molecule has 0 aliphatic heterocycles. The zero-order valence-corrected chi connectivity index (χ0v) is 27.5. The first-order valence-electron chi connectivity index (χ1n) is 14.8. The summed E-state index contributed by atoms with van der Waals surface area (Å²) in [4.78, 5) is 31.0. The van der Waals surface area contributed by atoms with Gasteiger partial charge in [0, 0.05) is 29.9 Å². The highest BCUT2D eigenvalue weighted by molar-refractivity contribution is 7.91. The van der Waals surface area contributed by atoms with Crippen LogP contribution in [0.15, 0.2) is 107 Å². The molecule has 0 bridgehead atoms. The minimum Gasteiger partial charge on any atom is -0.444 e. The summed E-state index contributed by atoms with van der Waals surface area (Å²) in [5, 5.41) is 11.3. The topological polar surface area (TPSA) is 123 Å². The lowest BCUT2D eigenvalue weighted by Crippen LogP contribution is -2.40. The Balaban J connectivity index is 1.37. The van der Waals surface area contributed by atoms with Crippen molar-refractivity contribution in [1.29, 1.82) is 0 Å². The van der Waals surface area contributed by atoms with E-state index < -0.39 is 33.6 Å². The Kier molecular flexibility index (Phi) is 11.6. The van der Waals surface area contributed by atoms with Crippen LogP contribution in [0.25, 0.3) is 0 Å². The fourth-order valence-corrected chi connectivity index (χ4v) is 5.95. The molecule has 9 nitrogen and oxygen atoms in total. The maximum Gasteiger partial charge on any atom is 0.410 e. The van der Waals surface area contributed by atoms with E-state index in [-0.39, 0.29) is 35.1 Å². The van der Waals surface area contributed by atoms with Crippen molar-refractivity contribution >= 4 is 33.5 Å². The van der Waals surface area contributed by atoms with Crippen molar-refractivity contribution in [2.45, 2.75) is 61.5 Å². The highest BCUT2D eigenvalue weighted by Crippen LogP contribution is 2.25. The van der Waals surface area contributed by atoms with Crippen molar-refractivity contribution < 1.29 is 32.6 Å². The SMILES string of the molecule is CC(C)(C)OC(=O)N(CCc1ccc(S(=O)(=O)c2ccc(OC(=O)CCc3ccccn3)cc2)cc1)CC(O)c1cccc(Cl)c1. The number of aryl methyl sites for hydroxylation is 1. The van der Waals surface area contributed by atoms with E-state index in [1.54, 1.807) is 69.4 Å². The van der Waals surface area contributed by atoms with E-state index in [1.165, 1.54) is 41.3 Å². The maximum atomic E-state index is 13.3. The molecule has 0 saturated heterocycles. The molecule has 0 aliphatic rings. The highest BCUT2D eigenvalue weighted by atomic mass is 35.5. The van der Waals surface area contributed by atoms with Gasteiger partial charge in [0.1, 0.15) is 11.4 Å². The molecule has 11 heteroatoms. The zero-order valence-electron chi connectivity index (χ0n) is 25.9. The molecule has 1 atom stereocenters. The van der Waals surface area contributed by atoms with Crippen molar-refractivity contribution in [3.63, 3.8) is 0 Å². The van der Waals surface area contributed by atoms with Gasteiger partial charge in [-0.05, 0) is 99.0 Å². The van der Waals surface area contributed by atoms with Gasteiger partial charge in [0.25, 0.3) is 0 Å². The molecule has 0 aliphatic carbocycles. The maximum absolute atomic E-state index is 13.3. The van der Waals surface area contributed by atoms with Crippen LogP contribution in [0, 0.1) is 0 Å². The Morgan fingerprint density at radius 1 is 0.913 bits per heavy atom. The summed E-state index contributed by atoms with van der Waals surface area (Å²) in [6.45, 7) is 5.50. The predicted molar refractivity (Wildman–Crippen MR) is 174 cm³/mol. The van der Waals surface area contributed by atoms with Gasteiger partial charge < -0.3 is 19.5 Å². The third kappa shape index (κ3) is 10.1. The van der Waals surface area contributed by atoms with Crippen LogP contribution in [0.2, 0.25) is 5.02 Å². The van der Waals surface area contributed by atoms with E-state index >= 15 is 0 Å². The fraction of sp³-hybridized carbons (Fsp3) is 0.286. The van der Waals surface area contributed by atoms with Crippen LogP contribution in [-0.2, 0) is 32.2 Å². The van der Waals surface area contributed by atoms with Gasteiger partial charge in [-0.15, -0.1) is 0 Å². The third-order valence-corrected chi connectivity index (χ3v) is 8.88.